The maximum absolute atomic E-state index is 10.5. The highest BCUT2D eigenvalue weighted by Gasteiger charge is 2.10. The van der Waals surface area contributed by atoms with Crippen molar-refractivity contribution in [2.45, 2.75) is 11.8 Å². The van der Waals surface area contributed by atoms with Gasteiger partial charge in [0.15, 0.2) is 0 Å². The van der Waals surface area contributed by atoms with Crippen LogP contribution in [-0.4, -0.2) is 36.4 Å². The van der Waals surface area contributed by atoms with Crippen LogP contribution in [0.5, 0.6) is 0 Å². The molecule has 0 fully saturated rings. The molecule has 0 radical (unpaired) electrons. The molecule has 1 aromatic rings. The Morgan fingerprint density at radius 1 is 1.45 bits per heavy atom. The number of nitrogens with one attached hydrogen (secondary N) is 1. The van der Waals surface area contributed by atoms with Crippen molar-refractivity contribution >= 4 is 40.6 Å². The third-order valence-electron chi connectivity index (χ3n) is 2.38. The van der Waals surface area contributed by atoms with Crippen LogP contribution in [0, 0.1) is 0 Å². The lowest BCUT2D eigenvalue weighted by molar-refractivity contribution is -0.122. The molecule has 7 heteroatoms. The quantitative estimate of drug-likeness (QED) is 0.362. The van der Waals surface area contributed by atoms with E-state index in [0.717, 1.165) is 21.9 Å². The van der Waals surface area contributed by atoms with Crippen LogP contribution in [0.1, 0.15) is 12.5 Å². The Balaban J connectivity index is 2.66. The van der Waals surface area contributed by atoms with Gasteiger partial charge in [-0.2, -0.15) is 0 Å². The number of thioether (sulfide) groups is 1. The van der Waals surface area contributed by atoms with E-state index in [0.29, 0.717) is 18.1 Å². The van der Waals surface area contributed by atoms with E-state index in [-0.39, 0.29) is 6.61 Å². The average Bonchev–Trinajstić information content (AvgIpc) is 2.38. The minimum atomic E-state index is -0.477. The lowest BCUT2D eigenvalue weighted by Gasteiger charge is -2.14. The Bertz CT molecular complexity index is 481. The highest BCUT2D eigenvalue weighted by molar-refractivity contribution is 7.99. The Labute approximate surface area is 128 Å². The SMILES string of the molecule is CCSc1cccc(NCCOCC(N)=O)c1C(N)=S. The largest absolute Gasteiger partial charge is 0.389 e. The molecule has 0 aliphatic carbocycles. The molecule has 0 bridgehead atoms. The number of nitrogens with two attached hydrogens (primary N) is 2. The van der Waals surface area contributed by atoms with Gasteiger partial charge in [-0.05, 0) is 17.9 Å². The number of benzene rings is 1. The molecule has 0 aromatic heterocycles. The van der Waals surface area contributed by atoms with Crippen LogP contribution < -0.4 is 16.8 Å². The molecule has 0 aliphatic rings. The van der Waals surface area contributed by atoms with Gasteiger partial charge in [-0.3, -0.25) is 4.79 Å². The standard InChI is InChI=1S/C13H19N3O2S2/c1-2-20-10-5-3-4-9(12(10)13(15)19)16-6-7-18-8-11(14)17/h3-5,16H,2,6-8H2,1H3,(H2,14,17)(H2,15,19). The van der Waals surface area contributed by atoms with Gasteiger partial charge in [-0.1, -0.05) is 25.2 Å². The summed E-state index contributed by atoms with van der Waals surface area (Å²) in [5, 5.41) is 3.21. The van der Waals surface area contributed by atoms with Gasteiger partial charge in [-0.25, -0.2) is 0 Å². The fraction of sp³-hybridized carbons (Fsp3) is 0.385. The molecule has 0 spiro atoms. The Morgan fingerprint density at radius 3 is 2.80 bits per heavy atom. The summed E-state index contributed by atoms with van der Waals surface area (Å²) in [6.07, 6.45) is 0. The maximum Gasteiger partial charge on any atom is 0.243 e. The second kappa shape index (κ2) is 8.78. The van der Waals surface area contributed by atoms with Crippen molar-refractivity contribution in [1.82, 2.24) is 0 Å². The van der Waals surface area contributed by atoms with Crippen molar-refractivity contribution < 1.29 is 9.53 Å². The molecule has 0 saturated carbocycles. The van der Waals surface area contributed by atoms with Gasteiger partial charge in [0.2, 0.25) is 5.91 Å². The van der Waals surface area contributed by atoms with E-state index in [1.54, 1.807) is 11.8 Å². The number of rotatable bonds is 9. The maximum atomic E-state index is 10.5. The zero-order valence-electron chi connectivity index (χ0n) is 11.3. The van der Waals surface area contributed by atoms with E-state index < -0.39 is 5.91 Å². The van der Waals surface area contributed by atoms with Gasteiger partial charge in [0.05, 0.1) is 6.61 Å². The molecular weight excluding hydrogens is 294 g/mol. The number of hydrogen-bond acceptors (Lipinski definition) is 5. The number of thiocarbonyl (C=S) groups is 1. The lowest BCUT2D eigenvalue weighted by atomic mass is 10.1. The summed E-state index contributed by atoms with van der Waals surface area (Å²) < 4.78 is 5.09. The van der Waals surface area contributed by atoms with Crippen molar-refractivity contribution in [1.29, 1.82) is 0 Å². The Hall–Kier alpha value is -1.31. The predicted octanol–water partition coefficient (Wildman–Crippen LogP) is 1.35. The first-order valence-corrected chi connectivity index (χ1v) is 7.61. The second-order valence-electron chi connectivity index (χ2n) is 3.92. The number of carbonyl (C=O) groups is 1. The first-order valence-electron chi connectivity index (χ1n) is 6.21. The summed E-state index contributed by atoms with van der Waals surface area (Å²) in [6.45, 7) is 2.93. The van der Waals surface area contributed by atoms with Crippen LogP contribution in [-0.2, 0) is 9.53 Å². The number of hydrogen-bond donors (Lipinski definition) is 3. The summed E-state index contributed by atoms with van der Waals surface area (Å²) in [7, 11) is 0. The number of primary amides is 1. The molecule has 110 valence electrons. The monoisotopic (exact) mass is 313 g/mol. The van der Waals surface area contributed by atoms with E-state index in [9.17, 15) is 4.79 Å². The van der Waals surface area contributed by atoms with Crippen molar-refractivity contribution in [2.24, 2.45) is 11.5 Å². The van der Waals surface area contributed by atoms with Crippen molar-refractivity contribution in [3.05, 3.63) is 23.8 Å². The number of anilines is 1. The minimum Gasteiger partial charge on any atom is -0.389 e. The highest BCUT2D eigenvalue weighted by Crippen LogP contribution is 2.28. The van der Waals surface area contributed by atoms with Crippen molar-refractivity contribution in [2.75, 3.05) is 30.8 Å². The van der Waals surface area contributed by atoms with E-state index >= 15 is 0 Å². The van der Waals surface area contributed by atoms with E-state index in [4.69, 9.17) is 28.4 Å². The topological polar surface area (TPSA) is 90.4 Å². The van der Waals surface area contributed by atoms with Gasteiger partial charge >= 0.3 is 0 Å². The van der Waals surface area contributed by atoms with E-state index in [2.05, 4.69) is 12.2 Å². The van der Waals surface area contributed by atoms with Crippen LogP contribution in [0.4, 0.5) is 5.69 Å². The molecule has 0 atom stereocenters. The summed E-state index contributed by atoms with van der Waals surface area (Å²) in [6, 6.07) is 5.87. The molecule has 1 rings (SSSR count). The smallest absolute Gasteiger partial charge is 0.243 e. The van der Waals surface area contributed by atoms with Crippen LogP contribution in [0.3, 0.4) is 0 Å². The number of carbonyl (C=O) groups excluding carboxylic acids is 1. The molecule has 5 N–H and O–H groups in total. The molecule has 0 unspecified atom stereocenters. The number of ether oxygens (including phenoxy) is 1. The van der Waals surface area contributed by atoms with Crippen molar-refractivity contribution in [3.63, 3.8) is 0 Å². The first kappa shape index (κ1) is 16.7. The average molecular weight is 313 g/mol. The van der Waals surface area contributed by atoms with Gasteiger partial charge in [0.1, 0.15) is 11.6 Å². The fourth-order valence-corrected chi connectivity index (χ4v) is 2.77. The molecule has 1 amide bonds. The summed E-state index contributed by atoms with van der Waals surface area (Å²) >= 11 is 6.81. The van der Waals surface area contributed by atoms with Crippen LogP contribution in [0.25, 0.3) is 0 Å². The third kappa shape index (κ3) is 5.36. The zero-order chi connectivity index (χ0) is 15.0. The summed E-state index contributed by atoms with van der Waals surface area (Å²) in [4.78, 5) is 12.0. The molecule has 1 aromatic carbocycles. The molecule has 20 heavy (non-hydrogen) atoms. The molecule has 0 saturated heterocycles. The van der Waals surface area contributed by atoms with Crippen LogP contribution in [0.15, 0.2) is 23.1 Å². The van der Waals surface area contributed by atoms with Gasteiger partial charge in [-0.15, -0.1) is 11.8 Å². The molecule has 0 aliphatic heterocycles. The fourth-order valence-electron chi connectivity index (χ4n) is 1.64. The molecule has 0 heterocycles. The van der Waals surface area contributed by atoms with Crippen LogP contribution >= 0.6 is 24.0 Å². The first-order chi connectivity index (χ1) is 9.56. The summed E-state index contributed by atoms with van der Waals surface area (Å²) in [5.74, 6) is 0.469. The van der Waals surface area contributed by atoms with Crippen LogP contribution in [0.2, 0.25) is 0 Å². The third-order valence-corrected chi connectivity index (χ3v) is 3.52. The lowest BCUT2D eigenvalue weighted by Crippen LogP contribution is -2.21. The second-order valence-corrected chi connectivity index (χ2v) is 5.67. The summed E-state index contributed by atoms with van der Waals surface area (Å²) in [5.41, 5.74) is 12.5. The predicted molar refractivity (Wildman–Crippen MR) is 87.2 cm³/mol. The van der Waals surface area contributed by atoms with E-state index in [1.165, 1.54) is 0 Å². The van der Waals surface area contributed by atoms with Gasteiger partial charge < -0.3 is 21.5 Å². The van der Waals surface area contributed by atoms with Crippen molar-refractivity contribution in [3.8, 4) is 0 Å². The minimum absolute atomic E-state index is 0.0738. The Kier molecular flexibility index (Phi) is 7.35. The highest BCUT2D eigenvalue weighted by atomic mass is 32.2. The van der Waals surface area contributed by atoms with E-state index in [1.807, 2.05) is 18.2 Å². The van der Waals surface area contributed by atoms with Gasteiger partial charge in [0, 0.05) is 22.7 Å². The Morgan fingerprint density at radius 2 is 2.20 bits per heavy atom. The molecule has 5 nitrogen and oxygen atoms in total. The normalized spacial score (nSPS) is 10.2. The number of amides is 1. The van der Waals surface area contributed by atoms with Gasteiger partial charge in [0.25, 0.3) is 0 Å². The molecular formula is C13H19N3O2S2. The zero-order valence-corrected chi connectivity index (χ0v) is 13.0.